The Balaban J connectivity index is 1.63. The van der Waals surface area contributed by atoms with Crippen LogP contribution in [-0.4, -0.2) is 22.1 Å². The third kappa shape index (κ3) is 3.29. The Bertz CT molecular complexity index is 983. The molecule has 3 aromatic heterocycles. The van der Waals surface area contributed by atoms with E-state index in [1.165, 1.54) is 0 Å². The molecule has 0 spiro atoms. The Kier molecular flexibility index (Phi) is 4.26. The number of methoxy groups -OCH3 is 1. The summed E-state index contributed by atoms with van der Waals surface area (Å²) in [5, 5.41) is 3.39. The smallest absolute Gasteiger partial charge is 0.147 e. The second-order valence-electron chi connectivity index (χ2n) is 5.49. The van der Waals surface area contributed by atoms with E-state index in [1.807, 2.05) is 30.5 Å². The van der Waals surface area contributed by atoms with Gasteiger partial charge in [0.05, 0.1) is 17.3 Å². The first-order valence-corrected chi connectivity index (χ1v) is 8.67. The number of pyridine rings is 1. The third-order valence-electron chi connectivity index (χ3n) is 3.87. The van der Waals surface area contributed by atoms with Gasteiger partial charge in [0.15, 0.2) is 0 Å². The van der Waals surface area contributed by atoms with Gasteiger partial charge in [-0.15, -0.1) is 11.3 Å². The molecule has 0 saturated carbocycles. The molecule has 25 heavy (non-hydrogen) atoms. The summed E-state index contributed by atoms with van der Waals surface area (Å²) >= 11 is 1.68. The lowest BCUT2D eigenvalue weighted by molar-refractivity contribution is 0.415. The zero-order chi connectivity index (χ0) is 17.1. The number of rotatable bonds is 5. The highest BCUT2D eigenvalue weighted by Crippen LogP contribution is 2.36. The maximum absolute atomic E-state index is 5.22. The second kappa shape index (κ2) is 6.86. The van der Waals surface area contributed by atoms with Gasteiger partial charge in [0, 0.05) is 23.8 Å². The number of thiophene rings is 1. The second-order valence-corrected chi connectivity index (χ2v) is 6.54. The van der Waals surface area contributed by atoms with E-state index in [0.717, 1.165) is 37.8 Å². The molecule has 0 atom stereocenters. The molecular weight excluding hydrogens is 332 g/mol. The van der Waals surface area contributed by atoms with E-state index in [9.17, 15) is 0 Å². The molecule has 4 rings (SSSR count). The number of nitrogens with one attached hydrogen (secondary N) is 1. The molecule has 0 fully saturated rings. The summed E-state index contributed by atoms with van der Waals surface area (Å²) < 4.78 is 6.28. The van der Waals surface area contributed by atoms with E-state index < -0.39 is 0 Å². The molecule has 0 saturated heterocycles. The molecule has 6 heteroatoms. The molecule has 0 aliphatic heterocycles. The van der Waals surface area contributed by atoms with Crippen LogP contribution in [0.2, 0.25) is 0 Å². The minimum atomic E-state index is 0.676. The molecule has 0 unspecified atom stereocenters. The van der Waals surface area contributed by atoms with Crippen molar-refractivity contribution in [3.05, 3.63) is 66.7 Å². The number of hydrogen-bond acceptors (Lipinski definition) is 6. The molecule has 0 aliphatic rings. The number of aromatic nitrogens is 3. The van der Waals surface area contributed by atoms with Gasteiger partial charge in [-0.2, -0.15) is 0 Å². The van der Waals surface area contributed by atoms with Crippen molar-refractivity contribution >= 4 is 27.4 Å². The molecule has 1 aromatic carbocycles. The predicted octanol–water partition coefficient (Wildman–Crippen LogP) is 4.37. The zero-order valence-electron chi connectivity index (χ0n) is 13.6. The van der Waals surface area contributed by atoms with Crippen LogP contribution >= 0.6 is 11.3 Å². The van der Waals surface area contributed by atoms with Crippen molar-refractivity contribution in [3.8, 4) is 16.2 Å². The average molecular weight is 348 g/mol. The number of anilines is 1. The maximum atomic E-state index is 5.22. The SMILES string of the molecule is COc1ccc(-c2cc3ncnc(NCc4cccnc4)c3s2)cc1. The average Bonchev–Trinajstić information content (AvgIpc) is 3.12. The molecule has 0 aliphatic carbocycles. The molecule has 0 amide bonds. The highest BCUT2D eigenvalue weighted by molar-refractivity contribution is 7.22. The van der Waals surface area contributed by atoms with Crippen LogP contribution in [0.4, 0.5) is 5.82 Å². The predicted molar refractivity (Wildman–Crippen MR) is 101 cm³/mol. The lowest BCUT2D eigenvalue weighted by Crippen LogP contribution is -2.01. The summed E-state index contributed by atoms with van der Waals surface area (Å²) in [7, 11) is 1.67. The molecule has 5 nitrogen and oxygen atoms in total. The van der Waals surface area contributed by atoms with Gasteiger partial charge in [-0.05, 0) is 47.5 Å². The molecule has 0 bridgehead atoms. The number of benzene rings is 1. The van der Waals surface area contributed by atoms with Gasteiger partial charge in [0.1, 0.15) is 17.9 Å². The zero-order valence-corrected chi connectivity index (χ0v) is 14.5. The molecule has 0 radical (unpaired) electrons. The number of ether oxygens (including phenoxy) is 1. The molecular formula is C19H16N4OS. The van der Waals surface area contributed by atoms with E-state index in [1.54, 1.807) is 31.0 Å². The first kappa shape index (κ1) is 15.5. The van der Waals surface area contributed by atoms with Crippen molar-refractivity contribution in [1.82, 2.24) is 15.0 Å². The van der Waals surface area contributed by atoms with Crippen LogP contribution in [0.15, 0.2) is 61.2 Å². The highest BCUT2D eigenvalue weighted by atomic mass is 32.1. The monoisotopic (exact) mass is 348 g/mol. The third-order valence-corrected chi connectivity index (χ3v) is 5.05. The topological polar surface area (TPSA) is 59.9 Å². The van der Waals surface area contributed by atoms with E-state index >= 15 is 0 Å². The highest BCUT2D eigenvalue weighted by Gasteiger charge is 2.10. The minimum absolute atomic E-state index is 0.676. The standard InChI is InChI=1S/C19H16N4OS/c1-24-15-6-4-14(5-7-15)17-9-16-18(25-17)19(23-12-22-16)21-11-13-3-2-8-20-10-13/h2-10,12H,11H2,1H3,(H,21,22,23). The summed E-state index contributed by atoms with van der Waals surface area (Å²) in [6.45, 7) is 0.676. The Morgan fingerprint density at radius 3 is 2.76 bits per heavy atom. The summed E-state index contributed by atoms with van der Waals surface area (Å²) in [5.74, 6) is 1.70. The summed E-state index contributed by atoms with van der Waals surface area (Å²) in [6.07, 6.45) is 5.22. The quantitative estimate of drug-likeness (QED) is 0.580. The summed E-state index contributed by atoms with van der Waals surface area (Å²) in [6, 6.07) is 14.1. The van der Waals surface area contributed by atoms with Gasteiger partial charge in [-0.25, -0.2) is 9.97 Å². The lowest BCUT2D eigenvalue weighted by Gasteiger charge is -2.05. The number of hydrogen-bond donors (Lipinski definition) is 1. The number of fused-ring (bicyclic) bond motifs is 1. The Morgan fingerprint density at radius 2 is 2.00 bits per heavy atom. The van der Waals surface area contributed by atoms with Gasteiger partial charge in [-0.1, -0.05) is 6.07 Å². The van der Waals surface area contributed by atoms with Gasteiger partial charge in [0.2, 0.25) is 0 Å². The normalized spacial score (nSPS) is 10.8. The van der Waals surface area contributed by atoms with Gasteiger partial charge in [0.25, 0.3) is 0 Å². The van der Waals surface area contributed by atoms with Crippen LogP contribution in [0.25, 0.3) is 20.7 Å². The van der Waals surface area contributed by atoms with Crippen molar-refractivity contribution in [3.63, 3.8) is 0 Å². The van der Waals surface area contributed by atoms with Crippen molar-refractivity contribution in [2.45, 2.75) is 6.54 Å². The molecule has 1 N–H and O–H groups in total. The summed E-state index contributed by atoms with van der Waals surface area (Å²) in [4.78, 5) is 14.1. The molecule has 3 heterocycles. The van der Waals surface area contributed by atoms with E-state index in [-0.39, 0.29) is 0 Å². The first-order valence-electron chi connectivity index (χ1n) is 7.85. The van der Waals surface area contributed by atoms with Gasteiger partial charge < -0.3 is 10.1 Å². The van der Waals surface area contributed by atoms with Crippen LogP contribution in [0.3, 0.4) is 0 Å². The van der Waals surface area contributed by atoms with Crippen LogP contribution in [0, 0.1) is 0 Å². The fourth-order valence-electron chi connectivity index (χ4n) is 2.57. The Labute approximate surface area is 149 Å². The van der Waals surface area contributed by atoms with Crippen molar-refractivity contribution in [1.29, 1.82) is 0 Å². The van der Waals surface area contributed by atoms with Crippen LogP contribution in [0.5, 0.6) is 5.75 Å². The minimum Gasteiger partial charge on any atom is -0.497 e. The lowest BCUT2D eigenvalue weighted by atomic mass is 10.2. The fourth-order valence-corrected chi connectivity index (χ4v) is 3.65. The van der Waals surface area contributed by atoms with Crippen molar-refractivity contribution in [2.24, 2.45) is 0 Å². The first-order chi connectivity index (χ1) is 12.3. The Morgan fingerprint density at radius 1 is 1.12 bits per heavy atom. The number of nitrogens with zero attached hydrogens (tertiary/aromatic N) is 3. The van der Waals surface area contributed by atoms with Gasteiger partial charge in [-0.3, -0.25) is 4.98 Å². The Hall–Kier alpha value is -2.99. The maximum Gasteiger partial charge on any atom is 0.147 e. The molecule has 4 aromatic rings. The largest absolute Gasteiger partial charge is 0.497 e. The van der Waals surface area contributed by atoms with E-state index in [0.29, 0.717) is 6.54 Å². The van der Waals surface area contributed by atoms with Crippen molar-refractivity contribution in [2.75, 3.05) is 12.4 Å². The fraction of sp³-hybridized carbons (Fsp3) is 0.105. The van der Waals surface area contributed by atoms with Crippen molar-refractivity contribution < 1.29 is 4.74 Å². The van der Waals surface area contributed by atoms with Gasteiger partial charge >= 0.3 is 0 Å². The van der Waals surface area contributed by atoms with Crippen LogP contribution in [0.1, 0.15) is 5.56 Å². The van der Waals surface area contributed by atoms with Crippen LogP contribution in [-0.2, 0) is 6.54 Å². The van der Waals surface area contributed by atoms with Crippen LogP contribution < -0.4 is 10.1 Å². The molecule has 124 valence electrons. The van der Waals surface area contributed by atoms with E-state index in [2.05, 4.69) is 38.5 Å². The summed E-state index contributed by atoms with van der Waals surface area (Å²) in [5.41, 5.74) is 3.20. The van der Waals surface area contributed by atoms with E-state index in [4.69, 9.17) is 4.74 Å².